The smallest absolute Gasteiger partial charge is 0.305 e. The Labute approximate surface area is 518 Å². The van der Waals surface area contributed by atoms with Crippen LogP contribution in [-0.2, 0) is 14.3 Å². The average molecular weight is 1170 g/mol. The van der Waals surface area contributed by atoms with Crippen LogP contribution < -0.4 is 5.32 Å². The zero-order valence-electron chi connectivity index (χ0n) is 55.9. The Balaban J connectivity index is 3.33. The number of carbonyl (C=O) groups excluding carboxylic acids is 2. The summed E-state index contributed by atoms with van der Waals surface area (Å²) in [4.78, 5) is 24.5. The number of rotatable bonds is 70. The van der Waals surface area contributed by atoms with Crippen LogP contribution in [0.4, 0.5) is 0 Å². The van der Waals surface area contributed by atoms with Gasteiger partial charge in [0.15, 0.2) is 0 Å². The van der Waals surface area contributed by atoms with E-state index >= 15 is 0 Å². The molecule has 6 heteroatoms. The number of ether oxygens (including phenoxy) is 1. The minimum atomic E-state index is -0.841. The van der Waals surface area contributed by atoms with Crippen LogP contribution in [0.3, 0.4) is 0 Å². The zero-order valence-corrected chi connectivity index (χ0v) is 55.9. The van der Waals surface area contributed by atoms with Gasteiger partial charge in [0.2, 0.25) is 5.91 Å². The van der Waals surface area contributed by atoms with E-state index in [2.05, 4.69) is 55.6 Å². The second-order valence-corrected chi connectivity index (χ2v) is 25.6. The Morgan fingerprint density at radius 3 is 0.964 bits per heavy atom. The van der Waals surface area contributed by atoms with Gasteiger partial charge in [-0.25, -0.2) is 0 Å². The highest BCUT2D eigenvalue weighted by Gasteiger charge is 2.18. The lowest BCUT2D eigenvalue weighted by molar-refractivity contribution is -0.143. The van der Waals surface area contributed by atoms with Gasteiger partial charge in [0.05, 0.1) is 25.4 Å². The fourth-order valence-corrected chi connectivity index (χ4v) is 11.6. The van der Waals surface area contributed by atoms with Gasteiger partial charge in [-0.1, -0.05) is 358 Å². The van der Waals surface area contributed by atoms with Crippen molar-refractivity contribution in [3.63, 3.8) is 0 Å². The molecule has 0 saturated carbocycles. The van der Waals surface area contributed by atoms with Gasteiger partial charge in [0, 0.05) is 12.8 Å². The largest absolute Gasteiger partial charge is 0.466 e. The van der Waals surface area contributed by atoms with E-state index in [0.717, 1.165) is 51.4 Å². The SMILES string of the molecule is CCCC/C=C\C/C=C\CCCCCCCC(=O)OCCCCCCCCCCCCCCCCCCCC/C=C\CCCCCCCCCCCCCCCCCCCC(=O)NC(CO)C(O)/C=C/CCCCCCCCCCCCC. The maximum atomic E-state index is 12.5. The molecule has 6 nitrogen and oxygen atoms in total. The Bertz CT molecular complexity index is 1390. The molecule has 0 aromatic rings. The third-order valence-electron chi connectivity index (χ3n) is 17.3. The van der Waals surface area contributed by atoms with Gasteiger partial charge in [-0.15, -0.1) is 0 Å². The minimum absolute atomic E-state index is 0.00768. The van der Waals surface area contributed by atoms with Crippen molar-refractivity contribution in [2.75, 3.05) is 13.2 Å². The van der Waals surface area contributed by atoms with Crippen LogP contribution in [0.5, 0.6) is 0 Å². The van der Waals surface area contributed by atoms with Gasteiger partial charge >= 0.3 is 5.97 Å². The first kappa shape index (κ1) is 80.8. The van der Waals surface area contributed by atoms with Gasteiger partial charge in [-0.2, -0.15) is 0 Å². The lowest BCUT2D eigenvalue weighted by atomic mass is 10.0. The average Bonchev–Trinajstić information content (AvgIpc) is 3.49. The quantitative estimate of drug-likeness (QED) is 0.0320. The number of unbranched alkanes of at least 4 members (excludes halogenated alkanes) is 53. The molecule has 0 saturated heterocycles. The Morgan fingerprint density at radius 2 is 0.614 bits per heavy atom. The highest BCUT2D eigenvalue weighted by Crippen LogP contribution is 2.19. The standard InChI is InChI=1S/C77H145NO5/c1-3-5-7-9-11-13-15-17-47-51-55-59-63-67-71-77(82)83-72-68-64-60-56-52-48-44-42-40-38-36-34-32-30-28-26-24-22-20-18-19-21-23-25-27-29-31-33-35-37-39-41-43-46-50-54-58-62-66-70-76(81)78-74(73-79)75(80)69-65-61-57-53-49-45-16-14-12-10-8-6-4-2/h9,11,15,17-19,65,69,74-75,79-80H,3-8,10,12-14,16,20-64,66-68,70-73H2,1-2H3,(H,78,81)/b11-9-,17-15-,19-18-,69-65+. The number of hydrogen-bond acceptors (Lipinski definition) is 5. The molecule has 0 aromatic carbocycles. The molecule has 1 amide bonds. The number of hydrogen-bond donors (Lipinski definition) is 3. The van der Waals surface area contributed by atoms with E-state index in [0.29, 0.717) is 19.4 Å². The van der Waals surface area contributed by atoms with Gasteiger partial charge in [-0.3, -0.25) is 9.59 Å². The third-order valence-corrected chi connectivity index (χ3v) is 17.3. The molecular formula is C77H145NO5. The molecule has 2 unspecified atom stereocenters. The number of allylic oxidation sites excluding steroid dienone is 7. The molecule has 0 fully saturated rings. The molecule has 0 bridgehead atoms. The van der Waals surface area contributed by atoms with Gasteiger partial charge in [-0.05, 0) is 83.5 Å². The number of aliphatic hydroxyl groups is 2. The summed E-state index contributed by atoms with van der Waals surface area (Å²) in [7, 11) is 0. The van der Waals surface area contributed by atoms with Gasteiger partial charge in [0.1, 0.15) is 0 Å². The van der Waals surface area contributed by atoms with E-state index in [9.17, 15) is 19.8 Å². The summed E-state index contributed by atoms with van der Waals surface area (Å²) in [6.07, 6.45) is 95.2. The summed E-state index contributed by atoms with van der Waals surface area (Å²) in [6.45, 7) is 4.88. The van der Waals surface area contributed by atoms with E-state index in [1.165, 1.54) is 327 Å². The van der Waals surface area contributed by atoms with Gasteiger partial charge in [0.25, 0.3) is 0 Å². The summed E-state index contributed by atoms with van der Waals surface area (Å²) in [5.41, 5.74) is 0. The Kier molecular flexibility index (Phi) is 70.4. The van der Waals surface area contributed by atoms with Crippen molar-refractivity contribution in [1.29, 1.82) is 0 Å². The highest BCUT2D eigenvalue weighted by atomic mass is 16.5. The van der Waals surface area contributed by atoms with Crippen LogP contribution in [0.1, 0.15) is 406 Å². The first-order valence-corrected chi connectivity index (χ1v) is 37.4. The number of esters is 1. The Hall–Kier alpha value is -2.18. The van der Waals surface area contributed by atoms with Crippen molar-refractivity contribution in [2.24, 2.45) is 0 Å². The fourth-order valence-electron chi connectivity index (χ4n) is 11.6. The van der Waals surface area contributed by atoms with Crippen LogP contribution in [0.2, 0.25) is 0 Å². The molecule has 2 atom stereocenters. The van der Waals surface area contributed by atoms with Crippen LogP contribution in [0, 0.1) is 0 Å². The van der Waals surface area contributed by atoms with E-state index < -0.39 is 12.1 Å². The molecule has 488 valence electrons. The summed E-state index contributed by atoms with van der Waals surface area (Å²) in [5.74, 6) is -0.0547. The lowest BCUT2D eigenvalue weighted by Crippen LogP contribution is -2.45. The van der Waals surface area contributed by atoms with Crippen LogP contribution in [0.15, 0.2) is 48.6 Å². The summed E-state index contributed by atoms with van der Waals surface area (Å²) in [6, 6.07) is -0.624. The third kappa shape index (κ3) is 68.8. The maximum Gasteiger partial charge on any atom is 0.305 e. The maximum absolute atomic E-state index is 12.5. The summed E-state index contributed by atoms with van der Waals surface area (Å²) >= 11 is 0. The molecule has 0 heterocycles. The van der Waals surface area contributed by atoms with E-state index in [-0.39, 0.29) is 18.5 Å². The van der Waals surface area contributed by atoms with E-state index in [1.54, 1.807) is 6.08 Å². The van der Waals surface area contributed by atoms with E-state index in [4.69, 9.17) is 4.74 Å². The molecule has 0 aliphatic carbocycles. The number of carbonyl (C=O) groups is 2. The highest BCUT2D eigenvalue weighted by molar-refractivity contribution is 5.76. The van der Waals surface area contributed by atoms with Crippen LogP contribution in [0.25, 0.3) is 0 Å². The van der Waals surface area contributed by atoms with Crippen molar-refractivity contribution in [2.45, 2.75) is 418 Å². The number of aliphatic hydroxyl groups excluding tert-OH is 2. The van der Waals surface area contributed by atoms with E-state index in [1.807, 2.05) is 6.08 Å². The molecule has 83 heavy (non-hydrogen) atoms. The number of amides is 1. The van der Waals surface area contributed by atoms with Crippen molar-refractivity contribution in [1.82, 2.24) is 5.32 Å². The van der Waals surface area contributed by atoms with Crippen LogP contribution >= 0.6 is 0 Å². The fraction of sp³-hybridized carbons (Fsp3) is 0.870. The molecule has 0 aliphatic heterocycles. The van der Waals surface area contributed by atoms with Crippen molar-refractivity contribution in [3.8, 4) is 0 Å². The number of nitrogens with one attached hydrogen (secondary N) is 1. The topological polar surface area (TPSA) is 95.9 Å². The molecular weight excluding hydrogens is 1020 g/mol. The van der Waals surface area contributed by atoms with Gasteiger partial charge < -0.3 is 20.3 Å². The molecule has 0 aliphatic rings. The predicted molar refractivity (Wildman–Crippen MR) is 366 cm³/mol. The Morgan fingerprint density at radius 1 is 0.337 bits per heavy atom. The van der Waals surface area contributed by atoms with Crippen LogP contribution in [-0.4, -0.2) is 47.4 Å². The molecule has 0 aromatic heterocycles. The first-order chi connectivity index (χ1) is 41.0. The zero-order chi connectivity index (χ0) is 59.9. The summed E-state index contributed by atoms with van der Waals surface area (Å²) < 4.78 is 5.49. The molecule has 0 spiro atoms. The molecule has 0 radical (unpaired) electrons. The minimum Gasteiger partial charge on any atom is -0.466 e. The predicted octanol–water partition coefficient (Wildman–Crippen LogP) is 24.4. The van der Waals surface area contributed by atoms with Crippen molar-refractivity contribution in [3.05, 3.63) is 48.6 Å². The molecule has 3 N–H and O–H groups in total. The van der Waals surface area contributed by atoms with Crippen molar-refractivity contribution < 1.29 is 24.5 Å². The normalized spacial score (nSPS) is 12.8. The second kappa shape index (κ2) is 72.3. The lowest BCUT2D eigenvalue weighted by Gasteiger charge is -2.20. The summed E-state index contributed by atoms with van der Waals surface area (Å²) in [5, 5.41) is 23.1. The monoisotopic (exact) mass is 1160 g/mol. The first-order valence-electron chi connectivity index (χ1n) is 37.4. The van der Waals surface area contributed by atoms with Crippen molar-refractivity contribution >= 4 is 11.9 Å². The molecule has 0 rings (SSSR count). The second-order valence-electron chi connectivity index (χ2n) is 25.6.